The van der Waals surface area contributed by atoms with Crippen LogP contribution >= 0.6 is 0 Å². The molecule has 6 nitrogen and oxygen atoms in total. The molecule has 0 bridgehead atoms. The number of furan rings is 1. The van der Waals surface area contributed by atoms with Gasteiger partial charge in [0.15, 0.2) is 5.76 Å². The summed E-state index contributed by atoms with van der Waals surface area (Å²) in [6, 6.07) is 9.98. The van der Waals surface area contributed by atoms with E-state index >= 15 is 0 Å². The number of benzene rings is 1. The van der Waals surface area contributed by atoms with Gasteiger partial charge in [0.2, 0.25) is 0 Å². The minimum Gasteiger partial charge on any atom is -0.506 e. The summed E-state index contributed by atoms with van der Waals surface area (Å²) >= 11 is 0. The lowest BCUT2D eigenvalue weighted by Crippen LogP contribution is -2.16. The molecule has 1 amide bonds. The number of nitrogens with zero attached hydrogens (tertiary/aromatic N) is 2. The van der Waals surface area contributed by atoms with Gasteiger partial charge in [-0.1, -0.05) is 6.07 Å². The number of hydrazone groups is 1. The van der Waals surface area contributed by atoms with E-state index in [9.17, 15) is 9.90 Å². The number of aromatic hydroxyl groups is 1. The minimum absolute atomic E-state index is 0.0994. The van der Waals surface area contributed by atoms with Gasteiger partial charge < -0.3 is 9.52 Å². The molecule has 0 radical (unpaired) electrons. The van der Waals surface area contributed by atoms with Gasteiger partial charge in [-0.3, -0.25) is 9.78 Å². The molecule has 0 saturated heterocycles. The number of aromatic nitrogens is 1. The molecule has 3 aromatic rings. The third kappa shape index (κ3) is 2.59. The van der Waals surface area contributed by atoms with Gasteiger partial charge in [-0.25, -0.2) is 5.43 Å². The lowest BCUT2D eigenvalue weighted by molar-refractivity contribution is 0.0927. The van der Waals surface area contributed by atoms with E-state index in [4.69, 9.17) is 4.42 Å². The number of hydrogen-bond acceptors (Lipinski definition) is 5. The largest absolute Gasteiger partial charge is 0.506 e. The predicted octanol–water partition coefficient (Wildman–Crippen LogP) is 2.30. The second-order valence-electron chi connectivity index (χ2n) is 4.25. The Balaban J connectivity index is 1.84. The SMILES string of the molecule is O=C(N/N=C\c1ccc(O)c2ncccc12)c1ccco1. The predicted molar refractivity (Wildman–Crippen MR) is 77.2 cm³/mol. The highest BCUT2D eigenvalue weighted by Gasteiger charge is 2.07. The molecule has 3 rings (SSSR count). The number of rotatable bonds is 3. The Labute approximate surface area is 119 Å². The molecule has 0 saturated carbocycles. The lowest BCUT2D eigenvalue weighted by Gasteiger charge is -2.03. The number of fused-ring (bicyclic) bond motifs is 1. The van der Waals surface area contributed by atoms with Crippen molar-refractivity contribution in [1.82, 2.24) is 10.4 Å². The normalized spacial score (nSPS) is 11.0. The first kappa shape index (κ1) is 12.9. The third-order valence-corrected chi connectivity index (χ3v) is 2.90. The maximum atomic E-state index is 11.6. The molecule has 0 aliphatic rings. The van der Waals surface area contributed by atoms with Gasteiger partial charge in [-0.05, 0) is 30.3 Å². The molecular weight excluding hydrogens is 270 g/mol. The highest BCUT2D eigenvalue weighted by atomic mass is 16.3. The van der Waals surface area contributed by atoms with Crippen LogP contribution in [-0.2, 0) is 0 Å². The van der Waals surface area contributed by atoms with Crippen LogP contribution in [0.2, 0.25) is 0 Å². The Kier molecular flexibility index (Phi) is 3.34. The maximum Gasteiger partial charge on any atom is 0.307 e. The van der Waals surface area contributed by atoms with E-state index in [1.165, 1.54) is 18.5 Å². The van der Waals surface area contributed by atoms with Crippen LogP contribution in [0.5, 0.6) is 5.75 Å². The van der Waals surface area contributed by atoms with Crippen LogP contribution < -0.4 is 5.43 Å². The number of phenolic OH excluding ortho intramolecular Hbond substituents is 1. The molecule has 0 atom stereocenters. The van der Waals surface area contributed by atoms with Crippen molar-refractivity contribution in [2.75, 3.05) is 0 Å². The standard InChI is InChI=1S/C15H11N3O3/c19-12-6-5-10(11-3-1-7-16-14(11)12)9-17-18-15(20)13-4-2-8-21-13/h1-9,19H,(H,18,20)/b17-9-. The van der Waals surface area contributed by atoms with E-state index in [2.05, 4.69) is 15.5 Å². The molecular formula is C15H11N3O3. The van der Waals surface area contributed by atoms with Crippen molar-refractivity contribution < 1.29 is 14.3 Å². The fraction of sp³-hybridized carbons (Fsp3) is 0. The summed E-state index contributed by atoms with van der Waals surface area (Å²) in [4.78, 5) is 15.8. The number of pyridine rings is 1. The summed E-state index contributed by atoms with van der Waals surface area (Å²) in [6.45, 7) is 0. The van der Waals surface area contributed by atoms with Crippen LogP contribution in [0.4, 0.5) is 0 Å². The van der Waals surface area contributed by atoms with Gasteiger partial charge in [0.25, 0.3) is 0 Å². The summed E-state index contributed by atoms with van der Waals surface area (Å²) in [7, 11) is 0. The molecule has 2 N–H and O–H groups in total. The number of carbonyl (C=O) groups excluding carboxylic acids is 1. The molecule has 0 aliphatic carbocycles. The van der Waals surface area contributed by atoms with E-state index < -0.39 is 5.91 Å². The fourth-order valence-electron chi connectivity index (χ4n) is 1.92. The zero-order valence-electron chi connectivity index (χ0n) is 10.9. The molecule has 0 aliphatic heterocycles. The first-order chi connectivity index (χ1) is 10.3. The van der Waals surface area contributed by atoms with Crippen molar-refractivity contribution in [2.24, 2.45) is 5.10 Å². The van der Waals surface area contributed by atoms with Crippen LogP contribution in [0.25, 0.3) is 10.9 Å². The summed E-state index contributed by atoms with van der Waals surface area (Å²) < 4.78 is 4.96. The van der Waals surface area contributed by atoms with E-state index in [-0.39, 0.29) is 11.5 Å². The van der Waals surface area contributed by atoms with Crippen molar-refractivity contribution in [3.63, 3.8) is 0 Å². The van der Waals surface area contributed by atoms with Crippen LogP contribution in [0.3, 0.4) is 0 Å². The fourth-order valence-corrected chi connectivity index (χ4v) is 1.92. The number of phenols is 1. The monoisotopic (exact) mass is 281 g/mol. The Morgan fingerprint density at radius 2 is 2.19 bits per heavy atom. The quantitative estimate of drug-likeness (QED) is 0.569. The van der Waals surface area contributed by atoms with E-state index in [0.717, 1.165) is 10.9 Å². The Morgan fingerprint density at radius 3 is 3.00 bits per heavy atom. The highest BCUT2D eigenvalue weighted by Crippen LogP contribution is 2.24. The van der Waals surface area contributed by atoms with Gasteiger partial charge in [-0.15, -0.1) is 0 Å². The first-order valence-corrected chi connectivity index (χ1v) is 6.19. The number of carbonyl (C=O) groups is 1. The Morgan fingerprint density at radius 1 is 1.29 bits per heavy atom. The topological polar surface area (TPSA) is 87.7 Å². The minimum atomic E-state index is -0.433. The van der Waals surface area contributed by atoms with Gasteiger partial charge in [0.1, 0.15) is 11.3 Å². The average molecular weight is 281 g/mol. The summed E-state index contributed by atoms with van der Waals surface area (Å²) in [6.07, 6.45) is 4.50. The zero-order valence-corrected chi connectivity index (χ0v) is 10.9. The second kappa shape index (κ2) is 5.46. The zero-order chi connectivity index (χ0) is 14.7. The van der Waals surface area contributed by atoms with Crippen LogP contribution in [-0.4, -0.2) is 22.2 Å². The van der Waals surface area contributed by atoms with Crippen molar-refractivity contribution in [1.29, 1.82) is 0 Å². The van der Waals surface area contributed by atoms with Crippen molar-refractivity contribution >= 4 is 23.0 Å². The second-order valence-corrected chi connectivity index (χ2v) is 4.25. The lowest BCUT2D eigenvalue weighted by atomic mass is 10.1. The van der Waals surface area contributed by atoms with Crippen molar-refractivity contribution in [2.45, 2.75) is 0 Å². The molecule has 0 spiro atoms. The third-order valence-electron chi connectivity index (χ3n) is 2.90. The van der Waals surface area contributed by atoms with Gasteiger partial charge in [-0.2, -0.15) is 5.10 Å². The molecule has 104 valence electrons. The van der Waals surface area contributed by atoms with Crippen LogP contribution in [0.15, 0.2) is 58.4 Å². The van der Waals surface area contributed by atoms with Gasteiger partial charge in [0.05, 0.1) is 12.5 Å². The molecule has 2 heterocycles. The molecule has 21 heavy (non-hydrogen) atoms. The Hall–Kier alpha value is -3.15. The van der Waals surface area contributed by atoms with Gasteiger partial charge in [0, 0.05) is 17.1 Å². The molecule has 2 aromatic heterocycles. The maximum absolute atomic E-state index is 11.6. The van der Waals surface area contributed by atoms with Crippen LogP contribution in [0.1, 0.15) is 16.1 Å². The first-order valence-electron chi connectivity index (χ1n) is 6.19. The molecule has 6 heteroatoms. The Bertz CT molecular complexity index is 810. The highest BCUT2D eigenvalue weighted by molar-refractivity contribution is 6.01. The summed E-state index contributed by atoms with van der Waals surface area (Å²) in [5, 5.41) is 14.4. The number of nitrogens with one attached hydrogen (secondary N) is 1. The molecule has 1 aromatic carbocycles. The average Bonchev–Trinajstić information content (AvgIpc) is 3.04. The van der Waals surface area contributed by atoms with E-state index in [1.807, 2.05) is 6.07 Å². The summed E-state index contributed by atoms with van der Waals surface area (Å²) in [5.74, 6) is -0.149. The van der Waals surface area contributed by atoms with Gasteiger partial charge >= 0.3 is 5.91 Å². The molecule has 0 unspecified atom stereocenters. The molecule has 0 fully saturated rings. The van der Waals surface area contributed by atoms with Crippen molar-refractivity contribution in [3.8, 4) is 5.75 Å². The van der Waals surface area contributed by atoms with Crippen LogP contribution in [0, 0.1) is 0 Å². The number of amides is 1. The van der Waals surface area contributed by atoms with E-state index in [0.29, 0.717) is 5.52 Å². The number of hydrogen-bond donors (Lipinski definition) is 2. The summed E-state index contributed by atoms with van der Waals surface area (Å²) in [5.41, 5.74) is 3.58. The van der Waals surface area contributed by atoms with Crippen molar-refractivity contribution in [3.05, 3.63) is 60.2 Å². The smallest absolute Gasteiger partial charge is 0.307 e. The van der Waals surface area contributed by atoms with E-state index in [1.54, 1.807) is 30.5 Å².